The number of aliphatic hydroxyl groups excluding tert-OH is 1. The molecule has 1 atom stereocenters. The first kappa shape index (κ1) is 9.37. The summed E-state index contributed by atoms with van der Waals surface area (Å²) >= 11 is 1.77. The number of fused-ring (bicyclic) bond motifs is 3. The van der Waals surface area contributed by atoms with Crippen LogP contribution in [0.4, 0.5) is 0 Å². The molecular weight excluding hydrogens is 204 g/mol. The van der Waals surface area contributed by atoms with Crippen LogP contribution in [0.15, 0.2) is 24.3 Å². The number of hydrogen-bond donors (Lipinski definition) is 1. The van der Waals surface area contributed by atoms with Crippen molar-refractivity contribution in [1.29, 1.82) is 0 Å². The molecule has 78 valence electrons. The molecular formula is C13H14OS. The molecule has 0 radical (unpaired) electrons. The standard InChI is InChI=1S/C13H14OS/c14-11-7-3-1-6-10-9-5-2-4-8-12(9)15-13(10)11/h2,4-5,8,11,14H,1,3,6-7H2/t11-/m1/s1. The zero-order chi connectivity index (χ0) is 10.3. The van der Waals surface area contributed by atoms with Crippen molar-refractivity contribution in [3.63, 3.8) is 0 Å². The second-order valence-corrected chi connectivity index (χ2v) is 5.29. The normalized spacial score (nSPS) is 21.3. The van der Waals surface area contributed by atoms with Crippen molar-refractivity contribution < 1.29 is 5.11 Å². The maximum atomic E-state index is 10.1. The second-order valence-electron chi connectivity index (χ2n) is 4.20. The van der Waals surface area contributed by atoms with Crippen LogP contribution in [0, 0.1) is 0 Å². The largest absolute Gasteiger partial charge is 0.388 e. The Labute approximate surface area is 93.4 Å². The van der Waals surface area contributed by atoms with Gasteiger partial charge in [-0.1, -0.05) is 24.6 Å². The average Bonchev–Trinajstić information content (AvgIpc) is 2.54. The summed E-state index contributed by atoms with van der Waals surface area (Å²) in [5.74, 6) is 0. The van der Waals surface area contributed by atoms with E-state index in [4.69, 9.17) is 0 Å². The van der Waals surface area contributed by atoms with Crippen molar-refractivity contribution >= 4 is 21.4 Å². The Morgan fingerprint density at radius 1 is 1.20 bits per heavy atom. The summed E-state index contributed by atoms with van der Waals surface area (Å²) in [6.45, 7) is 0. The molecule has 0 spiro atoms. The quantitative estimate of drug-likeness (QED) is 0.669. The molecule has 2 aromatic rings. The molecule has 0 saturated heterocycles. The van der Waals surface area contributed by atoms with Gasteiger partial charge in [-0.3, -0.25) is 0 Å². The molecule has 1 aliphatic rings. The Morgan fingerprint density at radius 2 is 2.07 bits per heavy atom. The maximum Gasteiger partial charge on any atom is 0.0885 e. The lowest BCUT2D eigenvalue weighted by Crippen LogP contribution is -1.93. The third-order valence-corrected chi connectivity index (χ3v) is 4.50. The van der Waals surface area contributed by atoms with Gasteiger partial charge in [0.25, 0.3) is 0 Å². The number of aliphatic hydroxyl groups is 1. The third-order valence-electron chi connectivity index (χ3n) is 3.19. The third kappa shape index (κ3) is 1.48. The molecule has 0 saturated carbocycles. The van der Waals surface area contributed by atoms with Gasteiger partial charge in [0.2, 0.25) is 0 Å². The fourth-order valence-electron chi connectivity index (χ4n) is 2.42. The topological polar surface area (TPSA) is 20.2 Å². The van der Waals surface area contributed by atoms with E-state index >= 15 is 0 Å². The Kier molecular flexibility index (Phi) is 2.26. The molecule has 3 rings (SSSR count). The zero-order valence-electron chi connectivity index (χ0n) is 8.57. The van der Waals surface area contributed by atoms with Gasteiger partial charge in [-0.15, -0.1) is 11.3 Å². The van der Waals surface area contributed by atoms with Gasteiger partial charge in [0.1, 0.15) is 0 Å². The first-order valence-corrected chi connectivity index (χ1v) is 6.36. The van der Waals surface area contributed by atoms with Crippen molar-refractivity contribution in [2.45, 2.75) is 31.8 Å². The summed E-state index contributed by atoms with van der Waals surface area (Å²) in [6, 6.07) is 8.50. The minimum atomic E-state index is -0.222. The highest BCUT2D eigenvalue weighted by Gasteiger charge is 2.20. The highest BCUT2D eigenvalue weighted by atomic mass is 32.1. The van der Waals surface area contributed by atoms with Gasteiger partial charge >= 0.3 is 0 Å². The molecule has 0 aliphatic heterocycles. The lowest BCUT2D eigenvalue weighted by atomic mass is 10.1. The van der Waals surface area contributed by atoms with E-state index in [1.165, 1.54) is 26.9 Å². The van der Waals surface area contributed by atoms with Crippen LogP contribution in [-0.2, 0) is 6.42 Å². The lowest BCUT2D eigenvalue weighted by Gasteiger charge is -2.05. The van der Waals surface area contributed by atoms with E-state index in [-0.39, 0.29) is 6.10 Å². The van der Waals surface area contributed by atoms with Crippen molar-refractivity contribution in [2.24, 2.45) is 0 Å². The minimum absolute atomic E-state index is 0.222. The molecule has 1 N–H and O–H groups in total. The van der Waals surface area contributed by atoms with Crippen molar-refractivity contribution in [2.75, 3.05) is 0 Å². The van der Waals surface area contributed by atoms with Crippen LogP contribution in [0.1, 0.15) is 35.8 Å². The van der Waals surface area contributed by atoms with Crippen LogP contribution >= 0.6 is 11.3 Å². The fourth-order valence-corrected chi connectivity index (χ4v) is 3.69. The molecule has 0 unspecified atom stereocenters. The molecule has 1 nitrogen and oxygen atoms in total. The summed E-state index contributed by atoms with van der Waals surface area (Å²) in [5.41, 5.74) is 1.40. The van der Waals surface area contributed by atoms with E-state index in [1.807, 2.05) is 0 Å². The van der Waals surface area contributed by atoms with Gasteiger partial charge in [-0.05, 0) is 36.3 Å². The number of aryl methyl sites for hydroxylation is 1. The van der Waals surface area contributed by atoms with Gasteiger partial charge in [0.15, 0.2) is 0 Å². The highest BCUT2D eigenvalue weighted by Crippen LogP contribution is 2.39. The van der Waals surface area contributed by atoms with Gasteiger partial charge in [0, 0.05) is 9.58 Å². The summed E-state index contributed by atoms with van der Waals surface area (Å²) in [5, 5.41) is 11.4. The molecule has 2 heteroatoms. The number of rotatable bonds is 0. The summed E-state index contributed by atoms with van der Waals surface area (Å²) in [7, 11) is 0. The van der Waals surface area contributed by atoms with Crippen molar-refractivity contribution in [1.82, 2.24) is 0 Å². The summed E-state index contributed by atoms with van der Waals surface area (Å²) in [6.07, 6.45) is 4.21. The van der Waals surface area contributed by atoms with E-state index in [0.29, 0.717) is 0 Å². The first-order valence-electron chi connectivity index (χ1n) is 5.54. The minimum Gasteiger partial charge on any atom is -0.388 e. The predicted octanol–water partition coefficient (Wildman–Crippen LogP) is 3.66. The van der Waals surface area contributed by atoms with Crippen molar-refractivity contribution in [3.8, 4) is 0 Å². The zero-order valence-corrected chi connectivity index (χ0v) is 9.39. The molecule has 0 fully saturated rings. The monoisotopic (exact) mass is 218 g/mol. The Bertz CT molecular complexity index is 486. The Morgan fingerprint density at radius 3 is 3.00 bits per heavy atom. The molecule has 0 bridgehead atoms. The second kappa shape index (κ2) is 3.62. The number of thiophene rings is 1. The van der Waals surface area contributed by atoms with Crippen LogP contribution in [-0.4, -0.2) is 5.11 Å². The highest BCUT2D eigenvalue weighted by molar-refractivity contribution is 7.19. The van der Waals surface area contributed by atoms with E-state index in [9.17, 15) is 5.11 Å². The molecule has 15 heavy (non-hydrogen) atoms. The van der Waals surface area contributed by atoms with Crippen LogP contribution in [0.3, 0.4) is 0 Å². The smallest absolute Gasteiger partial charge is 0.0885 e. The van der Waals surface area contributed by atoms with E-state index in [0.717, 1.165) is 19.3 Å². The van der Waals surface area contributed by atoms with E-state index < -0.39 is 0 Å². The average molecular weight is 218 g/mol. The van der Waals surface area contributed by atoms with E-state index in [1.54, 1.807) is 11.3 Å². The Balaban J connectivity index is 2.26. The van der Waals surface area contributed by atoms with Crippen LogP contribution in [0.5, 0.6) is 0 Å². The van der Waals surface area contributed by atoms with Gasteiger partial charge in [-0.2, -0.15) is 0 Å². The molecule has 1 aliphatic carbocycles. The SMILES string of the molecule is O[C@@H]1CCCCc2c1sc1ccccc21. The van der Waals surface area contributed by atoms with Gasteiger partial charge in [0.05, 0.1) is 6.10 Å². The van der Waals surface area contributed by atoms with Gasteiger partial charge < -0.3 is 5.11 Å². The molecule has 1 aromatic heterocycles. The predicted molar refractivity (Wildman–Crippen MR) is 64.3 cm³/mol. The number of hydrogen-bond acceptors (Lipinski definition) is 2. The van der Waals surface area contributed by atoms with E-state index in [2.05, 4.69) is 24.3 Å². The van der Waals surface area contributed by atoms with Crippen molar-refractivity contribution in [3.05, 3.63) is 34.7 Å². The number of benzene rings is 1. The molecule has 0 amide bonds. The lowest BCUT2D eigenvalue weighted by molar-refractivity contribution is 0.170. The molecule has 1 aromatic carbocycles. The summed E-state index contributed by atoms with van der Waals surface area (Å²) < 4.78 is 1.32. The maximum absolute atomic E-state index is 10.1. The molecule has 1 heterocycles. The van der Waals surface area contributed by atoms with Crippen LogP contribution in [0.25, 0.3) is 10.1 Å². The summed E-state index contributed by atoms with van der Waals surface area (Å²) in [4.78, 5) is 1.22. The van der Waals surface area contributed by atoms with Crippen LogP contribution in [0.2, 0.25) is 0 Å². The Hall–Kier alpha value is -0.860. The fraction of sp³-hybridized carbons (Fsp3) is 0.385. The van der Waals surface area contributed by atoms with Gasteiger partial charge in [-0.25, -0.2) is 0 Å². The first-order chi connectivity index (χ1) is 7.36. The van der Waals surface area contributed by atoms with Crippen LogP contribution < -0.4 is 0 Å².